The average molecular weight is 451 g/mol. The van der Waals surface area contributed by atoms with Gasteiger partial charge in [-0.3, -0.25) is 4.79 Å². The summed E-state index contributed by atoms with van der Waals surface area (Å²) in [4.78, 5) is 21.4. The number of fused-ring (bicyclic) bond motifs is 2. The predicted molar refractivity (Wildman–Crippen MR) is 128 cm³/mol. The molecule has 0 bridgehead atoms. The number of carbonyl (C=O) groups is 1. The molecule has 0 aliphatic heterocycles. The number of hydrogen-bond acceptors (Lipinski definition) is 7. The highest BCUT2D eigenvalue weighted by atomic mass is 32.2. The largest absolute Gasteiger partial charge is 0.484 e. The third-order valence-corrected chi connectivity index (χ3v) is 5.49. The Morgan fingerprint density at radius 1 is 1.12 bits per heavy atom. The van der Waals surface area contributed by atoms with Crippen LogP contribution in [0.25, 0.3) is 21.8 Å². The lowest BCUT2D eigenvalue weighted by atomic mass is 10.1. The highest BCUT2D eigenvalue weighted by Crippen LogP contribution is 2.23. The topological polar surface area (TPSA) is 94.0 Å². The molecule has 0 saturated heterocycles. The molecule has 0 unspecified atom stereocenters. The van der Waals surface area contributed by atoms with Crippen molar-refractivity contribution in [3.63, 3.8) is 0 Å². The van der Waals surface area contributed by atoms with Crippen molar-refractivity contribution in [2.24, 2.45) is 0 Å². The zero-order chi connectivity index (χ0) is 22.3. The summed E-state index contributed by atoms with van der Waals surface area (Å²) in [5.74, 6) is 1.28. The van der Waals surface area contributed by atoms with Crippen LogP contribution in [0, 0.1) is 0 Å². The van der Waals surface area contributed by atoms with Gasteiger partial charge in [0.2, 0.25) is 0 Å². The molecule has 0 fully saturated rings. The van der Waals surface area contributed by atoms with Crippen LogP contribution >= 0.6 is 11.8 Å². The Balaban J connectivity index is 1.33. The van der Waals surface area contributed by atoms with E-state index < -0.39 is 0 Å². The Morgan fingerprint density at radius 2 is 1.97 bits per heavy atom. The van der Waals surface area contributed by atoms with Gasteiger partial charge >= 0.3 is 0 Å². The summed E-state index contributed by atoms with van der Waals surface area (Å²) in [6.45, 7) is 3.83. The van der Waals surface area contributed by atoms with E-state index in [0.717, 1.165) is 40.6 Å². The molecular weight excluding hydrogens is 424 g/mol. The van der Waals surface area contributed by atoms with Gasteiger partial charge < -0.3 is 15.4 Å². The van der Waals surface area contributed by atoms with Crippen molar-refractivity contribution in [2.45, 2.75) is 25.0 Å². The van der Waals surface area contributed by atoms with E-state index in [1.54, 1.807) is 10.9 Å². The normalized spacial score (nSPS) is 11.1. The van der Waals surface area contributed by atoms with Crippen LogP contribution in [0.2, 0.25) is 0 Å². The quantitative estimate of drug-likeness (QED) is 0.281. The Hall–Kier alpha value is -3.33. The van der Waals surface area contributed by atoms with Gasteiger partial charge in [-0.05, 0) is 35.6 Å². The fourth-order valence-corrected chi connectivity index (χ4v) is 3.69. The summed E-state index contributed by atoms with van der Waals surface area (Å²) in [7, 11) is 0. The first-order valence-electron chi connectivity index (χ1n) is 10.6. The zero-order valence-electron chi connectivity index (χ0n) is 18.2. The molecule has 0 radical (unpaired) electrons. The summed E-state index contributed by atoms with van der Waals surface area (Å²) < 4.78 is 7.44. The van der Waals surface area contributed by atoms with E-state index in [-0.39, 0.29) is 12.5 Å². The van der Waals surface area contributed by atoms with Gasteiger partial charge in [0.1, 0.15) is 11.6 Å². The lowest BCUT2D eigenvalue weighted by Gasteiger charge is -2.10. The van der Waals surface area contributed by atoms with Crippen LogP contribution in [0.5, 0.6) is 5.75 Å². The van der Waals surface area contributed by atoms with Gasteiger partial charge in [0.25, 0.3) is 5.91 Å². The molecule has 166 valence electrons. The molecule has 2 N–H and O–H groups in total. The molecule has 2 aromatic carbocycles. The van der Waals surface area contributed by atoms with Gasteiger partial charge in [0.15, 0.2) is 17.4 Å². The molecular formula is C23H26N6O2S. The Kier molecular flexibility index (Phi) is 7.06. The number of amides is 1. The summed E-state index contributed by atoms with van der Waals surface area (Å²) in [6.07, 6.45) is 4.71. The van der Waals surface area contributed by atoms with Crippen molar-refractivity contribution in [2.75, 3.05) is 31.3 Å². The highest BCUT2D eigenvalue weighted by Gasteiger charge is 2.13. The van der Waals surface area contributed by atoms with Crippen molar-refractivity contribution in [3.05, 3.63) is 48.7 Å². The minimum Gasteiger partial charge on any atom is -0.484 e. The van der Waals surface area contributed by atoms with Gasteiger partial charge in [-0.15, -0.1) is 0 Å². The highest BCUT2D eigenvalue weighted by molar-refractivity contribution is 7.98. The van der Waals surface area contributed by atoms with Gasteiger partial charge in [0, 0.05) is 13.1 Å². The summed E-state index contributed by atoms with van der Waals surface area (Å²) >= 11 is 1.49. The second kappa shape index (κ2) is 10.3. The number of carbonyl (C=O) groups excluding carboxylic acids is 1. The summed E-state index contributed by atoms with van der Waals surface area (Å²) in [6, 6.07) is 13.8. The van der Waals surface area contributed by atoms with E-state index in [1.807, 2.05) is 48.7 Å². The van der Waals surface area contributed by atoms with Gasteiger partial charge in [-0.25, -0.2) is 14.6 Å². The molecule has 1 amide bonds. The summed E-state index contributed by atoms with van der Waals surface area (Å²) in [5.41, 5.74) is 0.754. The number of nitrogens with zero attached hydrogens (tertiary/aromatic N) is 4. The molecule has 32 heavy (non-hydrogen) atoms. The van der Waals surface area contributed by atoms with Crippen LogP contribution in [-0.4, -0.2) is 51.6 Å². The number of anilines is 1. The van der Waals surface area contributed by atoms with Crippen LogP contribution in [0.3, 0.4) is 0 Å². The van der Waals surface area contributed by atoms with Crippen molar-refractivity contribution >= 4 is 45.3 Å². The first-order chi connectivity index (χ1) is 15.7. The number of ether oxygens (including phenoxy) is 1. The Labute approximate surface area is 190 Å². The smallest absolute Gasteiger partial charge is 0.258 e. The lowest BCUT2D eigenvalue weighted by Crippen LogP contribution is -2.31. The molecule has 0 aliphatic rings. The molecule has 4 rings (SSSR count). The predicted octanol–water partition coefficient (Wildman–Crippen LogP) is 3.72. The molecule has 0 spiro atoms. The minimum absolute atomic E-state index is 0.0396. The first-order valence-corrected chi connectivity index (χ1v) is 11.8. The van der Waals surface area contributed by atoms with Crippen molar-refractivity contribution in [1.82, 2.24) is 25.1 Å². The van der Waals surface area contributed by atoms with Crippen molar-refractivity contribution < 1.29 is 9.53 Å². The Morgan fingerprint density at radius 3 is 2.78 bits per heavy atom. The average Bonchev–Trinajstić information content (AvgIpc) is 3.24. The molecule has 0 aliphatic carbocycles. The minimum atomic E-state index is -0.181. The number of rotatable bonds is 10. The summed E-state index contributed by atoms with van der Waals surface area (Å²) in [5, 5.41) is 14.4. The molecule has 8 nitrogen and oxygen atoms in total. The van der Waals surface area contributed by atoms with E-state index >= 15 is 0 Å². The van der Waals surface area contributed by atoms with Crippen LogP contribution in [-0.2, 0) is 11.3 Å². The molecule has 2 aromatic heterocycles. The maximum absolute atomic E-state index is 12.2. The molecule has 0 saturated carbocycles. The van der Waals surface area contributed by atoms with Gasteiger partial charge in [0.05, 0.1) is 18.1 Å². The molecule has 0 atom stereocenters. The van der Waals surface area contributed by atoms with Crippen LogP contribution in [0.4, 0.5) is 5.82 Å². The standard InChI is InChI=1S/C23H26N6O2S/c1-3-10-25-21-19-14-26-29(22(19)28-23(27-21)32-2)12-11-24-20(30)15-31-18-9-8-16-6-4-5-7-17(16)13-18/h4-9,13-14H,3,10-12,15H2,1-2H3,(H,24,30)(H,25,27,28). The van der Waals surface area contributed by atoms with Crippen LogP contribution in [0.1, 0.15) is 13.3 Å². The lowest BCUT2D eigenvalue weighted by molar-refractivity contribution is -0.123. The SMILES string of the molecule is CCCNc1nc(SC)nc2c1cnn2CCNC(=O)COc1ccc2ccccc2c1. The fourth-order valence-electron chi connectivity index (χ4n) is 3.33. The molecule has 9 heteroatoms. The zero-order valence-corrected chi connectivity index (χ0v) is 19.0. The van der Waals surface area contributed by atoms with E-state index in [1.165, 1.54) is 11.8 Å². The maximum atomic E-state index is 12.2. The maximum Gasteiger partial charge on any atom is 0.258 e. The third-order valence-electron chi connectivity index (χ3n) is 4.94. The van der Waals surface area contributed by atoms with Crippen LogP contribution in [0.15, 0.2) is 53.8 Å². The second-order valence-corrected chi connectivity index (χ2v) is 8.01. The third kappa shape index (κ3) is 5.11. The van der Waals surface area contributed by atoms with E-state index in [9.17, 15) is 4.79 Å². The first kappa shape index (κ1) is 21.9. The van der Waals surface area contributed by atoms with Gasteiger partial charge in [-0.1, -0.05) is 49.0 Å². The monoisotopic (exact) mass is 450 g/mol. The fraction of sp³-hybridized carbons (Fsp3) is 0.304. The van der Waals surface area contributed by atoms with Crippen LogP contribution < -0.4 is 15.4 Å². The number of aromatic nitrogens is 4. The number of nitrogens with one attached hydrogen (secondary N) is 2. The number of thioether (sulfide) groups is 1. The number of benzene rings is 2. The van der Waals surface area contributed by atoms with E-state index in [0.29, 0.717) is 24.0 Å². The molecule has 4 aromatic rings. The second-order valence-electron chi connectivity index (χ2n) is 7.24. The Bertz CT molecular complexity index is 1230. The van der Waals surface area contributed by atoms with Crippen molar-refractivity contribution in [1.29, 1.82) is 0 Å². The van der Waals surface area contributed by atoms with E-state index in [4.69, 9.17) is 4.74 Å². The number of hydrogen-bond donors (Lipinski definition) is 2. The molecule has 2 heterocycles. The van der Waals surface area contributed by atoms with Crippen molar-refractivity contribution in [3.8, 4) is 5.75 Å². The van der Waals surface area contributed by atoms with Gasteiger partial charge in [-0.2, -0.15) is 5.10 Å². The van der Waals surface area contributed by atoms with E-state index in [2.05, 4.69) is 32.6 Å².